The van der Waals surface area contributed by atoms with Crippen molar-refractivity contribution in [2.45, 2.75) is 24.7 Å². The molecular weight excluding hydrogens is 258 g/mol. The average Bonchev–Trinajstić information content (AvgIpc) is 2.49. The van der Waals surface area contributed by atoms with Gasteiger partial charge in [0.15, 0.2) is 0 Å². The lowest BCUT2D eigenvalue weighted by Gasteiger charge is -2.20. The molecule has 0 amide bonds. The Kier molecular flexibility index (Phi) is 3.07. The number of rotatable bonds is 2. The van der Waals surface area contributed by atoms with Crippen molar-refractivity contribution in [2.75, 3.05) is 13.1 Å². The number of allylic oxidation sites excluding steroid dienone is 2. The predicted molar refractivity (Wildman–Crippen MR) is 75.3 cm³/mol. The van der Waals surface area contributed by atoms with E-state index in [0.29, 0.717) is 18.0 Å². The molecule has 1 heterocycles. The normalized spacial score (nSPS) is 19.8. The van der Waals surface area contributed by atoms with Gasteiger partial charge in [0.05, 0.1) is 4.90 Å². The fourth-order valence-electron chi connectivity index (χ4n) is 2.43. The molecule has 3 rings (SSSR count). The number of hydrogen-bond acceptors (Lipinski definition) is 2. The highest BCUT2D eigenvalue weighted by Gasteiger charge is 2.26. The number of aryl methyl sites for hydroxylation is 1. The topological polar surface area (TPSA) is 37.4 Å². The standard InChI is InChI=1S/C15H17NO2S/c1-12-2-6-15(7-3-12)19(17,18)16-10-8-13-4-5-14(13)9-11-16/h2-3,6-9H,4-5,10-11H2,1H3. The quantitative estimate of drug-likeness (QED) is 0.832. The fourth-order valence-corrected chi connectivity index (χ4v) is 3.75. The molecule has 1 saturated carbocycles. The molecule has 0 unspecified atom stereocenters. The van der Waals surface area contributed by atoms with Crippen LogP contribution in [0, 0.1) is 6.92 Å². The van der Waals surface area contributed by atoms with Gasteiger partial charge in [-0.15, -0.1) is 0 Å². The zero-order valence-electron chi connectivity index (χ0n) is 11.0. The van der Waals surface area contributed by atoms with Crippen molar-refractivity contribution in [1.29, 1.82) is 0 Å². The van der Waals surface area contributed by atoms with E-state index in [1.807, 2.05) is 31.2 Å². The molecule has 0 spiro atoms. The highest BCUT2D eigenvalue weighted by atomic mass is 32.2. The van der Waals surface area contributed by atoms with E-state index in [-0.39, 0.29) is 0 Å². The molecule has 2 aliphatic rings. The van der Waals surface area contributed by atoms with Crippen LogP contribution in [0.15, 0.2) is 52.5 Å². The summed E-state index contributed by atoms with van der Waals surface area (Å²) in [7, 11) is -3.38. The van der Waals surface area contributed by atoms with Crippen molar-refractivity contribution >= 4 is 10.0 Å². The van der Waals surface area contributed by atoms with Crippen LogP contribution in [-0.4, -0.2) is 25.8 Å². The van der Waals surface area contributed by atoms with E-state index < -0.39 is 10.0 Å². The summed E-state index contributed by atoms with van der Waals surface area (Å²) in [5.41, 5.74) is 3.71. The number of fused-ring (bicyclic) bond motifs is 1. The second-order valence-electron chi connectivity index (χ2n) is 5.09. The van der Waals surface area contributed by atoms with E-state index in [1.54, 1.807) is 12.1 Å². The molecule has 1 aromatic carbocycles. The van der Waals surface area contributed by atoms with E-state index in [4.69, 9.17) is 0 Å². The Bertz CT molecular complexity index is 632. The smallest absolute Gasteiger partial charge is 0.207 e. The zero-order chi connectivity index (χ0) is 13.5. The van der Waals surface area contributed by atoms with Crippen molar-refractivity contribution in [2.24, 2.45) is 0 Å². The van der Waals surface area contributed by atoms with Gasteiger partial charge < -0.3 is 0 Å². The van der Waals surface area contributed by atoms with Crippen molar-refractivity contribution in [3.8, 4) is 0 Å². The second-order valence-corrected chi connectivity index (χ2v) is 7.03. The Balaban J connectivity index is 1.90. The van der Waals surface area contributed by atoms with Crippen molar-refractivity contribution in [3.63, 3.8) is 0 Å². The SMILES string of the molecule is Cc1ccc(S(=O)(=O)N2CC=C3CCC3=CC2)cc1. The molecular formula is C15H17NO2S. The molecule has 0 radical (unpaired) electrons. The van der Waals surface area contributed by atoms with Crippen LogP contribution in [0.1, 0.15) is 18.4 Å². The molecule has 1 aromatic rings. The van der Waals surface area contributed by atoms with Crippen LogP contribution in [-0.2, 0) is 10.0 Å². The molecule has 0 aromatic heterocycles. The summed E-state index contributed by atoms with van der Waals surface area (Å²) in [6.45, 7) is 2.91. The summed E-state index contributed by atoms with van der Waals surface area (Å²) in [5, 5.41) is 0. The molecule has 1 aliphatic heterocycles. The third kappa shape index (κ3) is 2.26. The Morgan fingerprint density at radius 3 is 1.95 bits per heavy atom. The first-order chi connectivity index (χ1) is 9.07. The maximum atomic E-state index is 12.6. The monoisotopic (exact) mass is 275 g/mol. The maximum Gasteiger partial charge on any atom is 0.243 e. The lowest BCUT2D eigenvalue weighted by molar-refractivity contribution is 0.475. The lowest BCUT2D eigenvalue weighted by atomic mass is 9.85. The molecule has 0 atom stereocenters. The van der Waals surface area contributed by atoms with Gasteiger partial charge in [-0.05, 0) is 43.0 Å². The second kappa shape index (κ2) is 4.62. The van der Waals surface area contributed by atoms with E-state index in [0.717, 1.165) is 18.4 Å². The van der Waals surface area contributed by atoms with Crippen LogP contribution in [0.2, 0.25) is 0 Å². The van der Waals surface area contributed by atoms with Gasteiger partial charge in [0.1, 0.15) is 0 Å². The Hall–Kier alpha value is -1.39. The number of nitrogens with zero attached hydrogens (tertiary/aromatic N) is 1. The Morgan fingerprint density at radius 1 is 0.947 bits per heavy atom. The van der Waals surface area contributed by atoms with Crippen LogP contribution in [0.4, 0.5) is 0 Å². The molecule has 3 nitrogen and oxygen atoms in total. The van der Waals surface area contributed by atoms with Crippen LogP contribution < -0.4 is 0 Å². The van der Waals surface area contributed by atoms with Gasteiger partial charge in [-0.25, -0.2) is 8.42 Å². The first-order valence-electron chi connectivity index (χ1n) is 6.52. The molecule has 0 bridgehead atoms. The highest BCUT2D eigenvalue weighted by molar-refractivity contribution is 7.89. The summed E-state index contributed by atoms with van der Waals surface area (Å²) in [6.07, 6.45) is 6.27. The third-order valence-electron chi connectivity index (χ3n) is 3.82. The average molecular weight is 275 g/mol. The zero-order valence-corrected chi connectivity index (χ0v) is 11.8. The van der Waals surface area contributed by atoms with Gasteiger partial charge in [0.25, 0.3) is 0 Å². The van der Waals surface area contributed by atoms with Crippen LogP contribution in [0.25, 0.3) is 0 Å². The van der Waals surface area contributed by atoms with Crippen LogP contribution in [0.5, 0.6) is 0 Å². The van der Waals surface area contributed by atoms with Crippen molar-refractivity contribution < 1.29 is 8.42 Å². The van der Waals surface area contributed by atoms with E-state index >= 15 is 0 Å². The van der Waals surface area contributed by atoms with Gasteiger partial charge in [-0.1, -0.05) is 29.8 Å². The molecule has 1 aliphatic carbocycles. The van der Waals surface area contributed by atoms with Crippen LogP contribution in [0.3, 0.4) is 0 Å². The third-order valence-corrected chi connectivity index (χ3v) is 5.66. The number of benzene rings is 1. The summed E-state index contributed by atoms with van der Waals surface area (Å²) in [4.78, 5) is 0.379. The van der Waals surface area contributed by atoms with Gasteiger partial charge in [0.2, 0.25) is 10.0 Å². The van der Waals surface area contributed by atoms with E-state index in [2.05, 4.69) is 0 Å². The molecule has 4 heteroatoms. The summed E-state index contributed by atoms with van der Waals surface area (Å²) < 4.78 is 26.6. The van der Waals surface area contributed by atoms with Gasteiger partial charge in [-0.3, -0.25) is 0 Å². The van der Waals surface area contributed by atoms with Gasteiger partial charge >= 0.3 is 0 Å². The molecule has 1 fully saturated rings. The Labute approximate surface area is 114 Å². The number of sulfonamides is 1. The number of hydrogen-bond donors (Lipinski definition) is 0. The minimum atomic E-state index is -3.38. The van der Waals surface area contributed by atoms with Crippen LogP contribution >= 0.6 is 0 Å². The van der Waals surface area contributed by atoms with E-state index in [9.17, 15) is 8.42 Å². The van der Waals surface area contributed by atoms with E-state index in [1.165, 1.54) is 15.5 Å². The van der Waals surface area contributed by atoms with Crippen molar-refractivity contribution in [1.82, 2.24) is 4.31 Å². The first kappa shape index (κ1) is 12.6. The fraction of sp³-hybridized carbons (Fsp3) is 0.333. The molecule has 0 saturated heterocycles. The first-order valence-corrected chi connectivity index (χ1v) is 7.96. The predicted octanol–water partition coefficient (Wildman–Crippen LogP) is 2.65. The maximum absolute atomic E-state index is 12.6. The van der Waals surface area contributed by atoms with Gasteiger partial charge in [0, 0.05) is 13.1 Å². The summed E-state index contributed by atoms with van der Waals surface area (Å²) in [5.74, 6) is 0. The minimum Gasteiger partial charge on any atom is -0.207 e. The molecule has 19 heavy (non-hydrogen) atoms. The Morgan fingerprint density at radius 2 is 1.47 bits per heavy atom. The highest BCUT2D eigenvalue weighted by Crippen LogP contribution is 2.34. The van der Waals surface area contributed by atoms with Gasteiger partial charge in [-0.2, -0.15) is 4.31 Å². The largest absolute Gasteiger partial charge is 0.243 e. The minimum absolute atomic E-state index is 0.379. The summed E-state index contributed by atoms with van der Waals surface area (Å²) in [6, 6.07) is 7.05. The lowest BCUT2D eigenvalue weighted by Crippen LogP contribution is -2.31. The summed E-state index contributed by atoms with van der Waals surface area (Å²) >= 11 is 0. The molecule has 0 N–H and O–H groups in total. The molecule has 100 valence electrons. The van der Waals surface area contributed by atoms with Crippen molar-refractivity contribution in [3.05, 3.63) is 53.1 Å².